The fourth-order valence-electron chi connectivity index (χ4n) is 3.70. The van der Waals surface area contributed by atoms with Gasteiger partial charge in [-0.1, -0.05) is 54.6 Å². The van der Waals surface area contributed by atoms with Crippen molar-refractivity contribution in [2.24, 2.45) is 7.05 Å². The minimum atomic E-state index is 0.916. The number of para-hydroxylation sites is 2. The second-order valence-corrected chi connectivity index (χ2v) is 6.44. The van der Waals surface area contributed by atoms with E-state index in [4.69, 9.17) is 0 Å². The lowest BCUT2D eigenvalue weighted by molar-refractivity contribution is -0.617. The average Bonchev–Trinajstić information content (AvgIpc) is 2.68. The van der Waals surface area contributed by atoms with Crippen molar-refractivity contribution in [3.8, 4) is 0 Å². The van der Waals surface area contributed by atoms with Gasteiger partial charge in [0.25, 0.3) is 0 Å². The van der Waals surface area contributed by atoms with Crippen molar-refractivity contribution in [2.45, 2.75) is 13.5 Å². The van der Waals surface area contributed by atoms with Crippen LogP contribution in [0.25, 0.3) is 21.8 Å². The highest BCUT2D eigenvalue weighted by atomic mass is 15.1. The Labute approximate surface area is 149 Å². The van der Waals surface area contributed by atoms with Gasteiger partial charge < -0.3 is 4.90 Å². The zero-order valence-electron chi connectivity index (χ0n) is 14.8. The third-order valence-electron chi connectivity index (χ3n) is 4.96. The maximum atomic E-state index is 2.49. The molecular weight excluding hydrogens is 304 g/mol. The number of benzene rings is 3. The molecule has 2 heteroatoms. The summed E-state index contributed by atoms with van der Waals surface area (Å²) >= 11 is 0. The fraction of sp³-hybridized carbons (Fsp3) is 0.174. The zero-order chi connectivity index (χ0) is 17.2. The molecule has 4 rings (SSSR count). The molecule has 0 bridgehead atoms. The van der Waals surface area contributed by atoms with Crippen LogP contribution < -0.4 is 9.47 Å². The topological polar surface area (TPSA) is 7.12 Å². The van der Waals surface area contributed by atoms with E-state index in [9.17, 15) is 0 Å². The minimum Gasteiger partial charge on any atom is -0.366 e. The average molecular weight is 327 g/mol. The second kappa shape index (κ2) is 6.56. The maximum absolute atomic E-state index is 2.49. The van der Waals surface area contributed by atoms with Crippen LogP contribution in [0.4, 0.5) is 5.69 Å². The van der Waals surface area contributed by atoms with Crippen molar-refractivity contribution in [3.63, 3.8) is 0 Å². The van der Waals surface area contributed by atoms with E-state index in [2.05, 4.69) is 102 Å². The Kier molecular flexibility index (Phi) is 4.10. The van der Waals surface area contributed by atoms with Crippen LogP contribution in [0.15, 0.2) is 78.9 Å². The number of rotatable bonds is 4. The third-order valence-corrected chi connectivity index (χ3v) is 4.96. The molecule has 0 saturated carbocycles. The molecule has 1 heterocycles. The van der Waals surface area contributed by atoms with Crippen LogP contribution in [0.3, 0.4) is 0 Å². The van der Waals surface area contributed by atoms with Gasteiger partial charge in [-0.2, -0.15) is 4.57 Å². The van der Waals surface area contributed by atoms with E-state index >= 15 is 0 Å². The molecule has 25 heavy (non-hydrogen) atoms. The van der Waals surface area contributed by atoms with Crippen LogP contribution in [0.2, 0.25) is 0 Å². The molecule has 0 saturated heterocycles. The molecule has 0 fully saturated rings. The molecule has 3 aromatic carbocycles. The molecule has 0 aliphatic carbocycles. The van der Waals surface area contributed by atoms with Gasteiger partial charge in [-0.15, -0.1) is 0 Å². The molecule has 0 radical (unpaired) electrons. The molecule has 0 aliphatic heterocycles. The summed E-state index contributed by atoms with van der Waals surface area (Å²) in [6.45, 7) is 4.12. The van der Waals surface area contributed by atoms with Gasteiger partial charge in [-0.25, -0.2) is 0 Å². The molecule has 0 aliphatic rings. The highest BCUT2D eigenvalue weighted by molar-refractivity contribution is 6.05. The fourth-order valence-corrected chi connectivity index (χ4v) is 3.70. The van der Waals surface area contributed by atoms with E-state index in [0.29, 0.717) is 0 Å². The summed E-state index contributed by atoms with van der Waals surface area (Å²) in [4.78, 5) is 2.49. The summed E-state index contributed by atoms with van der Waals surface area (Å²) in [5, 5.41) is 2.61. The molecule has 0 spiro atoms. The molecule has 0 atom stereocenters. The largest absolute Gasteiger partial charge is 0.366 e. The lowest BCUT2D eigenvalue weighted by Crippen LogP contribution is -2.32. The highest BCUT2D eigenvalue weighted by Gasteiger charge is 2.20. The first-order valence-electron chi connectivity index (χ1n) is 8.88. The number of hydrogen-bond donors (Lipinski definition) is 0. The SMILES string of the molecule is CCN(Cc1ccccc1)c1c2ccccc2[n+](C)c2ccccc12. The Balaban J connectivity index is 1.99. The molecule has 0 N–H and O–H groups in total. The van der Waals surface area contributed by atoms with Crippen LogP contribution in [-0.2, 0) is 13.6 Å². The number of aryl methyl sites for hydroxylation is 1. The summed E-state index contributed by atoms with van der Waals surface area (Å²) in [6.07, 6.45) is 0. The van der Waals surface area contributed by atoms with E-state index < -0.39 is 0 Å². The van der Waals surface area contributed by atoms with Gasteiger partial charge in [0.2, 0.25) is 11.0 Å². The van der Waals surface area contributed by atoms with Gasteiger partial charge in [0.15, 0.2) is 0 Å². The Morgan fingerprint density at radius 3 is 1.80 bits per heavy atom. The Morgan fingerprint density at radius 2 is 1.24 bits per heavy atom. The van der Waals surface area contributed by atoms with Gasteiger partial charge in [0, 0.05) is 25.2 Å². The van der Waals surface area contributed by atoms with Crippen LogP contribution in [-0.4, -0.2) is 6.54 Å². The zero-order valence-corrected chi connectivity index (χ0v) is 14.8. The number of hydrogen-bond acceptors (Lipinski definition) is 1. The van der Waals surface area contributed by atoms with E-state index in [0.717, 1.165) is 13.1 Å². The van der Waals surface area contributed by atoms with Crippen molar-refractivity contribution >= 4 is 27.5 Å². The molecule has 4 aromatic rings. The lowest BCUT2D eigenvalue weighted by Gasteiger charge is -2.25. The maximum Gasteiger partial charge on any atom is 0.214 e. The normalized spacial score (nSPS) is 11.1. The van der Waals surface area contributed by atoms with E-state index in [-0.39, 0.29) is 0 Å². The van der Waals surface area contributed by atoms with Crippen molar-refractivity contribution in [3.05, 3.63) is 84.4 Å². The predicted molar refractivity (Wildman–Crippen MR) is 106 cm³/mol. The van der Waals surface area contributed by atoms with Gasteiger partial charge >= 0.3 is 0 Å². The molecule has 2 nitrogen and oxygen atoms in total. The highest BCUT2D eigenvalue weighted by Crippen LogP contribution is 2.33. The molecule has 0 amide bonds. The number of fused-ring (bicyclic) bond motifs is 2. The number of anilines is 1. The first-order valence-corrected chi connectivity index (χ1v) is 8.88. The standard InChI is InChI=1S/C23H23N2/c1-3-25(17-18-11-5-4-6-12-18)23-19-13-7-9-15-21(19)24(2)22-16-10-8-14-20(22)23/h4-16H,3,17H2,1-2H3/q+1. The third kappa shape index (κ3) is 2.74. The van der Waals surface area contributed by atoms with E-state index in [1.165, 1.54) is 33.1 Å². The van der Waals surface area contributed by atoms with Crippen LogP contribution >= 0.6 is 0 Å². The lowest BCUT2D eigenvalue weighted by atomic mass is 10.0. The second-order valence-electron chi connectivity index (χ2n) is 6.44. The molecular formula is C23H23N2+. The molecule has 1 aromatic heterocycles. The smallest absolute Gasteiger partial charge is 0.214 e. The summed E-state index contributed by atoms with van der Waals surface area (Å²) in [7, 11) is 2.15. The van der Waals surface area contributed by atoms with Gasteiger partial charge in [-0.05, 0) is 24.6 Å². The van der Waals surface area contributed by atoms with Crippen molar-refractivity contribution in [1.82, 2.24) is 0 Å². The van der Waals surface area contributed by atoms with Gasteiger partial charge in [0.05, 0.1) is 16.5 Å². The first-order chi connectivity index (χ1) is 12.3. The Bertz CT molecular complexity index is 965. The van der Waals surface area contributed by atoms with Crippen LogP contribution in [0.5, 0.6) is 0 Å². The predicted octanol–water partition coefficient (Wildman–Crippen LogP) is 4.84. The number of nitrogens with zero attached hydrogens (tertiary/aromatic N) is 2. The van der Waals surface area contributed by atoms with Gasteiger partial charge in [-0.3, -0.25) is 0 Å². The van der Waals surface area contributed by atoms with Crippen LogP contribution in [0.1, 0.15) is 12.5 Å². The Hall–Kier alpha value is -2.87. The number of aromatic nitrogens is 1. The van der Waals surface area contributed by atoms with E-state index in [1.54, 1.807) is 0 Å². The quantitative estimate of drug-likeness (QED) is 0.384. The van der Waals surface area contributed by atoms with Crippen molar-refractivity contribution in [1.29, 1.82) is 0 Å². The molecule has 0 unspecified atom stereocenters. The van der Waals surface area contributed by atoms with Crippen molar-refractivity contribution < 1.29 is 4.57 Å². The Morgan fingerprint density at radius 1 is 0.720 bits per heavy atom. The van der Waals surface area contributed by atoms with Gasteiger partial charge in [0.1, 0.15) is 7.05 Å². The monoisotopic (exact) mass is 327 g/mol. The summed E-state index contributed by atoms with van der Waals surface area (Å²) in [6, 6.07) is 28.1. The first kappa shape index (κ1) is 15.6. The van der Waals surface area contributed by atoms with Crippen LogP contribution in [0, 0.1) is 0 Å². The summed E-state index contributed by atoms with van der Waals surface area (Å²) < 4.78 is 2.30. The van der Waals surface area contributed by atoms with Crippen molar-refractivity contribution in [2.75, 3.05) is 11.4 Å². The summed E-state index contributed by atoms with van der Waals surface area (Å²) in [5.74, 6) is 0. The molecule has 124 valence electrons. The van der Waals surface area contributed by atoms with E-state index in [1.807, 2.05) is 0 Å². The summed E-state index contributed by atoms with van der Waals surface area (Å²) in [5.41, 5.74) is 5.20. The number of pyridine rings is 1. The minimum absolute atomic E-state index is 0.916.